The number of hydrogen-bond acceptors (Lipinski definition) is 1. The van der Waals surface area contributed by atoms with Crippen LogP contribution in [-0.2, 0) is 0 Å². The van der Waals surface area contributed by atoms with Crippen LogP contribution in [0.25, 0.3) is 0 Å². The lowest BCUT2D eigenvalue weighted by molar-refractivity contribution is 0.319. The van der Waals surface area contributed by atoms with Crippen molar-refractivity contribution >= 4 is 39.1 Å². The van der Waals surface area contributed by atoms with E-state index in [9.17, 15) is 0 Å². The van der Waals surface area contributed by atoms with Gasteiger partial charge in [-0.15, -0.1) is 0 Å². The average Bonchev–Trinajstić information content (AvgIpc) is 2.10. The van der Waals surface area contributed by atoms with E-state index in [0.717, 1.165) is 11.8 Å². The third-order valence-corrected chi connectivity index (χ3v) is 2.60. The number of benzene rings is 1. The second kappa shape index (κ2) is 5.74. The molecule has 1 rings (SSSR count). The molecular formula is C9H9BrCl2O. The van der Waals surface area contributed by atoms with Gasteiger partial charge in [-0.05, 0) is 18.6 Å². The van der Waals surface area contributed by atoms with E-state index in [1.165, 1.54) is 0 Å². The zero-order valence-corrected chi connectivity index (χ0v) is 9.99. The van der Waals surface area contributed by atoms with E-state index in [1.807, 2.05) is 0 Å². The molecule has 1 aromatic rings. The summed E-state index contributed by atoms with van der Waals surface area (Å²) in [4.78, 5) is 0. The molecule has 1 aromatic carbocycles. The van der Waals surface area contributed by atoms with Crippen molar-refractivity contribution in [3.8, 4) is 5.75 Å². The monoisotopic (exact) mass is 282 g/mol. The first-order chi connectivity index (χ1) is 6.25. The molecule has 72 valence electrons. The second-order valence-corrected chi connectivity index (χ2v) is 4.05. The van der Waals surface area contributed by atoms with Gasteiger partial charge in [-0.25, -0.2) is 0 Å². The molecule has 0 aliphatic carbocycles. The molecule has 0 unspecified atom stereocenters. The summed E-state index contributed by atoms with van der Waals surface area (Å²) in [5, 5.41) is 2.03. The van der Waals surface area contributed by atoms with Gasteiger partial charge in [0, 0.05) is 5.33 Å². The van der Waals surface area contributed by atoms with Crippen LogP contribution in [0.2, 0.25) is 10.0 Å². The minimum absolute atomic E-state index is 0.557. The Kier molecular flexibility index (Phi) is 4.92. The Balaban J connectivity index is 2.64. The Bertz CT molecular complexity index is 258. The predicted octanol–water partition coefficient (Wildman–Crippen LogP) is 4.16. The molecule has 4 heteroatoms. The minimum atomic E-state index is 0.557. The SMILES string of the molecule is Clc1cccc(Cl)c1OCCCBr. The van der Waals surface area contributed by atoms with Crippen LogP contribution in [0.3, 0.4) is 0 Å². The highest BCUT2D eigenvalue weighted by Gasteiger charge is 2.05. The van der Waals surface area contributed by atoms with E-state index in [-0.39, 0.29) is 0 Å². The molecule has 0 amide bonds. The Morgan fingerprint density at radius 2 is 1.85 bits per heavy atom. The molecule has 13 heavy (non-hydrogen) atoms. The maximum Gasteiger partial charge on any atom is 0.156 e. The smallest absolute Gasteiger partial charge is 0.156 e. The van der Waals surface area contributed by atoms with Crippen LogP contribution >= 0.6 is 39.1 Å². The quantitative estimate of drug-likeness (QED) is 0.596. The van der Waals surface area contributed by atoms with Gasteiger partial charge in [0.15, 0.2) is 5.75 Å². The molecule has 0 radical (unpaired) electrons. The Labute approximate surface area is 96.1 Å². The molecular weight excluding hydrogens is 275 g/mol. The van der Waals surface area contributed by atoms with E-state index in [1.54, 1.807) is 18.2 Å². The first-order valence-corrected chi connectivity index (χ1v) is 5.76. The lowest BCUT2D eigenvalue weighted by Crippen LogP contribution is -1.98. The number of halogens is 3. The predicted molar refractivity (Wildman–Crippen MR) is 60.4 cm³/mol. The summed E-state index contributed by atoms with van der Waals surface area (Å²) in [6.45, 7) is 0.620. The summed E-state index contributed by atoms with van der Waals surface area (Å²) >= 11 is 15.1. The van der Waals surface area contributed by atoms with Crippen LogP contribution in [0.15, 0.2) is 18.2 Å². The number of rotatable bonds is 4. The van der Waals surface area contributed by atoms with Crippen molar-refractivity contribution in [2.45, 2.75) is 6.42 Å². The molecule has 0 aliphatic rings. The van der Waals surface area contributed by atoms with Gasteiger partial charge < -0.3 is 4.74 Å². The lowest BCUT2D eigenvalue weighted by Gasteiger charge is -2.08. The fourth-order valence-corrected chi connectivity index (χ4v) is 1.58. The second-order valence-electron chi connectivity index (χ2n) is 2.44. The standard InChI is InChI=1S/C9H9BrCl2O/c10-5-2-6-13-9-7(11)3-1-4-8(9)12/h1,3-4H,2,5-6H2. The van der Waals surface area contributed by atoms with Crippen LogP contribution in [0.1, 0.15) is 6.42 Å². The zero-order chi connectivity index (χ0) is 9.68. The minimum Gasteiger partial charge on any atom is -0.490 e. The summed E-state index contributed by atoms with van der Waals surface area (Å²) in [7, 11) is 0. The zero-order valence-electron chi connectivity index (χ0n) is 6.90. The van der Waals surface area contributed by atoms with Crippen molar-refractivity contribution in [1.29, 1.82) is 0 Å². The fraction of sp³-hybridized carbons (Fsp3) is 0.333. The summed E-state index contributed by atoms with van der Waals surface area (Å²) < 4.78 is 5.41. The van der Waals surface area contributed by atoms with Crippen LogP contribution in [0.5, 0.6) is 5.75 Å². The highest BCUT2D eigenvalue weighted by Crippen LogP contribution is 2.32. The van der Waals surface area contributed by atoms with Crippen molar-refractivity contribution in [1.82, 2.24) is 0 Å². The van der Waals surface area contributed by atoms with Crippen molar-refractivity contribution in [3.05, 3.63) is 28.2 Å². The normalized spacial score (nSPS) is 10.1. The van der Waals surface area contributed by atoms with Gasteiger partial charge in [0.2, 0.25) is 0 Å². The third-order valence-electron chi connectivity index (χ3n) is 1.44. The molecule has 0 aromatic heterocycles. The van der Waals surface area contributed by atoms with Gasteiger partial charge in [0.25, 0.3) is 0 Å². The first-order valence-electron chi connectivity index (χ1n) is 3.88. The lowest BCUT2D eigenvalue weighted by atomic mass is 10.3. The average molecular weight is 284 g/mol. The van der Waals surface area contributed by atoms with Gasteiger partial charge in [-0.3, -0.25) is 0 Å². The fourth-order valence-electron chi connectivity index (χ4n) is 0.849. The number of ether oxygens (including phenoxy) is 1. The molecule has 0 atom stereocenters. The van der Waals surface area contributed by atoms with E-state index in [4.69, 9.17) is 27.9 Å². The number of hydrogen-bond donors (Lipinski definition) is 0. The van der Waals surface area contributed by atoms with Crippen LogP contribution < -0.4 is 4.74 Å². The van der Waals surface area contributed by atoms with Gasteiger partial charge in [-0.2, -0.15) is 0 Å². The van der Waals surface area contributed by atoms with Gasteiger partial charge in [0.05, 0.1) is 16.7 Å². The maximum absolute atomic E-state index is 5.89. The van der Waals surface area contributed by atoms with E-state index in [2.05, 4.69) is 15.9 Å². The van der Waals surface area contributed by atoms with Gasteiger partial charge >= 0.3 is 0 Å². The molecule has 1 nitrogen and oxygen atoms in total. The van der Waals surface area contributed by atoms with E-state index >= 15 is 0 Å². The Morgan fingerprint density at radius 3 is 2.38 bits per heavy atom. The molecule has 0 N–H and O–H groups in total. The molecule has 0 heterocycles. The highest BCUT2D eigenvalue weighted by molar-refractivity contribution is 9.09. The van der Waals surface area contributed by atoms with Crippen LogP contribution in [0.4, 0.5) is 0 Å². The largest absolute Gasteiger partial charge is 0.490 e. The molecule has 0 spiro atoms. The van der Waals surface area contributed by atoms with Crippen molar-refractivity contribution < 1.29 is 4.74 Å². The molecule has 0 aliphatic heterocycles. The summed E-state index contributed by atoms with van der Waals surface area (Å²) in [6.07, 6.45) is 0.932. The molecule has 0 bridgehead atoms. The van der Waals surface area contributed by atoms with Gasteiger partial charge in [0.1, 0.15) is 0 Å². The summed E-state index contributed by atoms with van der Waals surface area (Å²) in [5.41, 5.74) is 0. The van der Waals surface area contributed by atoms with Crippen molar-refractivity contribution in [3.63, 3.8) is 0 Å². The van der Waals surface area contributed by atoms with E-state index < -0.39 is 0 Å². The molecule has 0 fully saturated rings. The molecule has 0 saturated carbocycles. The summed E-state index contributed by atoms with van der Waals surface area (Å²) in [6, 6.07) is 5.32. The summed E-state index contributed by atoms with van der Waals surface area (Å²) in [5.74, 6) is 0.576. The Morgan fingerprint density at radius 1 is 1.23 bits per heavy atom. The third kappa shape index (κ3) is 3.37. The Hall–Kier alpha value is 0.0800. The number of para-hydroxylation sites is 1. The van der Waals surface area contributed by atoms with E-state index in [0.29, 0.717) is 22.4 Å². The van der Waals surface area contributed by atoms with Crippen LogP contribution in [0, 0.1) is 0 Å². The molecule has 0 saturated heterocycles. The van der Waals surface area contributed by atoms with Crippen molar-refractivity contribution in [2.75, 3.05) is 11.9 Å². The topological polar surface area (TPSA) is 9.23 Å². The highest BCUT2D eigenvalue weighted by atomic mass is 79.9. The number of alkyl halides is 1. The van der Waals surface area contributed by atoms with Crippen molar-refractivity contribution in [2.24, 2.45) is 0 Å². The maximum atomic E-state index is 5.89. The van der Waals surface area contributed by atoms with Gasteiger partial charge in [-0.1, -0.05) is 45.2 Å². The van der Waals surface area contributed by atoms with Crippen LogP contribution in [-0.4, -0.2) is 11.9 Å². The first kappa shape index (κ1) is 11.2.